The number of nitrogens with zero attached hydrogens (tertiary/aromatic N) is 2. The van der Waals surface area contributed by atoms with Crippen molar-refractivity contribution < 1.29 is 14.5 Å². The first-order valence-corrected chi connectivity index (χ1v) is 8.29. The third kappa shape index (κ3) is 4.72. The van der Waals surface area contributed by atoms with Crippen molar-refractivity contribution in [3.8, 4) is 5.75 Å². The van der Waals surface area contributed by atoms with Gasteiger partial charge in [-0.2, -0.15) is 0 Å². The molecule has 0 spiro atoms. The molecule has 0 saturated carbocycles. The van der Waals surface area contributed by atoms with Gasteiger partial charge in [-0.05, 0) is 50.1 Å². The Labute approximate surface area is 152 Å². The van der Waals surface area contributed by atoms with E-state index in [-0.39, 0.29) is 23.9 Å². The summed E-state index contributed by atoms with van der Waals surface area (Å²) in [6.45, 7) is 6.86. The van der Waals surface area contributed by atoms with Crippen LogP contribution in [-0.2, 0) is 4.79 Å². The summed E-state index contributed by atoms with van der Waals surface area (Å²) < 4.78 is 5.15. The first-order chi connectivity index (χ1) is 12.3. The summed E-state index contributed by atoms with van der Waals surface area (Å²) in [4.78, 5) is 24.8. The van der Waals surface area contributed by atoms with Gasteiger partial charge in [0.05, 0.1) is 30.3 Å². The number of nitro groups is 1. The molecule has 2 aromatic carbocycles. The molecule has 0 radical (unpaired) electrons. The second kappa shape index (κ2) is 8.33. The number of nitro benzene ring substituents is 1. The smallest absolute Gasteiger partial charge is 0.273 e. The highest BCUT2D eigenvalue weighted by Crippen LogP contribution is 2.29. The number of likely N-dealkylation sites (N-methyl/N-ethyl adjacent to an activating group) is 1. The topological polar surface area (TPSA) is 84.7 Å². The van der Waals surface area contributed by atoms with Gasteiger partial charge in [0.25, 0.3) is 5.69 Å². The molecule has 0 unspecified atom stereocenters. The maximum atomic E-state index is 12.5. The van der Waals surface area contributed by atoms with E-state index in [9.17, 15) is 14.9 Å². The molecule has 0 saturated heterocycles. The quantitative estimate of drug-likeness (QED) is 0.603. The zero-order valence-corrected chi connectivity index (χ0v) is 15.4. The minimum atomic E-state index is -0.507. The molecule has 0 aliphatic heterocycles. The molecule has 138 valence electrons. The molecule has 7 heteroatoms. The summed E-state index contributed by atoms with van der Waals surface area (Å²) in [6, 6.07) is 10.3. The van der Waals surface area contributed by atoms with Gasteiger partial charge >= 0.3 is 0 Å². The van der Waals surface area contributed by atoms with Crippen molar-refractivity contribution in [2.45, 2.75) is 20.8 Å². The van der Waals surface area contributed by atoms with Gasteiger partial charge in [0.15, 0.2) is 0 Å². The molecular weight excluding hydrogens is 334 g/mol. The first kappa shape index (κ1) is 19.2. The first-order valence-electron chi connectivity index (χ1n) is 8.29. The molecule has 2 rings (SSSR count). The highest BCUT2D eigenvalue weighted by atomic mass is 16.6. The predicted molar refractivity (Wildman–Crippen MR) is 102 cm³/mol. The summed E-state index contributed by atoms with van der Waals surface area (Å²) >= 11 is 0. The lowest BCUT2D eigenvalue weighted by atomic mass is 10.1. The van der Waals surface area contributed by atoms with Crippen molar-refractivity contribution in [1.29, 1.82) is 0 Å². The Kier molecular flexibility index (Phi) is 6.16. The molecule has 0 atom stereocenters. The molecule has 26 heavy (non-hydrogen) atoms. The summed E-state index contributed by atoms with van der Waals surface area (Å²) in [7, 11) is 1.41. The third-order valence-corrected chi connectivity index (χ3v) is 3.96. The minimum Gasteiger partial charge on any atom is -0.494 e. The van der Waals surface area contributed by atoms with E-state index in [4.69, 9.17) is 4.74 Å². The molecule has 0 aromatic heterocycles. The molecular formula is C19H23N3O4. The van der Waals surface area contributed by atoms with Gasteiger partial charge in [-0.3, -0.25) is 14.9 Å². The average Bonchev–Trinajstić information content (AvgIpc) is 2.58. The molecule has 0 fully saturated rings. The average molecular weight is 357 g/mol. The van der Waals surface area contributed by atoms with E-state index < -0.39 is 4.92 Å². The highest BCUT2D eigenvalue weighted by Gasteiger charge is 2.15. The lowest BCUT2D eigenvalue weighted by Gasteiger charge is -2.23. The van der Waals surface area contributed by atoms with Crippen LogP contribution in [0.1, 0.15) is 18.1 Å². The van der Waals surface area contributed by atoms with Crippen molar-refractivity contribution in [2.24, 2.45) is 0 Å². The van der Waals surface area contributed by atoms with Crippen molar-refractivity contribution >= 4 is 23.0 Å². The number of rotatable bonds is 7. The fourth-order valence-electron chi connectivity index (χ4n) is 2.78. The van der Waals surface area contributed by atoms with Gasteiger partial charge in [0.1, 0.15) is 5.75 Å². The summed E-state index contributed by atoms with van der Waals surface area (Å²) in [5, 5.41) is 13.6. The zero-order valence-electron chi connectivity index (χ0n) is 15.4. The molecule has 1 N–H and O–H groups in total. The second-order valence-electron chi connectivity index (χ2n) is 6.05. The van der Waals surface area contributed by atoms with Gasteiger partial charge < -0.3 is 15.0 Å². The van der Waals surface area contributed by atoms with Gasteiger partial charge in [0.2, 0.25) is 5.91 Å². The number of nitrogens with one attached hydrogen (secondary N) is 1. The molecule has 0 aliphatic carbocycles. The normalized spacial score (nSPS) is 10.3. The van der Waals surface area contributed by atoms with Crippen LogP contribution in [0.25, 0.3) is 0 Å². The Balaban J connectivity index is 2.15. The lowest BCUT2D eigenvalue weighted by Crippen LogP contribution is -2.33. The number of amides is 1. The van der Waals surface area contributed by atoms with Crippen molar-refractivity contribution in [3.63, 3.8) is 0 Å². The van der Waals surface area contributed by atoms with Gasteiger partial charge in [-0.1, -0.05) is 6.07 Å². The molecule has 0 aliphatic rings. The number of carbonyl (C=O) groups is 1. The van der Waals surface area contributed by atoms with Crippen LogP contribution in [0.3, 0.4) is 0 Å². The Bertz CT molecular complexity index is 800. The van der Waals surface area contributed by atoms with Crippen LogP contribution in [0.4, 0.5) is 17.1 Å². The number of carbonyl (C=O) groups excluding carboxylic acids is 1. The van der Waals surface area contributed by atoms with Crippen LogP contribution in [0.15, 0.2) is 36.4 Å². The lowest BCUT2D eigenvalue weighted by molar-refractivity contribution is -0.384. The molecule has 2 aromatic rings. The monoisotopic (exact) mass is 357 g/mol. The number of anilines is 2. The number of hydrogen-bond acceptors (Lipinski definition) is 5. The third-order valence-electron chi connectivity index (χ3n) is 3.96. The maximum Gasteiger partial charge on any atom is 0.273 e. The molecule has 7 nitrogen and oxygen atoms in total. The number of aryl methyl sites for hydroxylation is 2. The molecule has 0 bridgehead atoms. The van der Waals surface area contributed by atoms with Gasteiger partial charge in [-0.25, -0.2) is 0 Å². The summed E-state index contributed by atoms with van der Waals surface area (Å²) in [5.74, 6) is 0.0279. The second-order valence-corrected chi connectivity index (χ2v) is 6.05. The largest absolute Gasteiger partial charge is 0.494 e. The van der Waals surface area contributed by atoms with Crippen LogP contribution >= 0.6 is 0 Å². The number of ether oxygens (including phenoxy) is 1. The number of benzene rings is 2. The van der Waals surface area contributed by atoms with Crippen molar-refractivity contribution in [1.82, 2.24) is 0 Å². The van der Waals surface area contributed by atoms with E-state index in [0.29, 0.717) is 12.2 Å². The van der Waals surface area contributed by atoms with E-state index in [0.717, 1.165) is 16.8 Å². The fourth-order valence-corrected chi connectivity index (χ4v) is 2.78. The SMILES string of the molecule is CCN(CC(=O)Nc1ccc([N+](=O)[O-])cc1OC)c1cc(C)cc(C)c1. The van der Waals surface area contributed by atoms with E-state index >= 15 is 0 Å². The van der Waals surface area contributed by atoms with Crippen molar-refractivity contribution in [3.05, 3.63) is 57.6 Å². The highest BCUT2D eigenvalue weighted by molar-refractivity contribution is 5.95. The van der Waals surface area contributed by atoms with E-state index in [1.54, 1.807) is 0 Å². The van der Waals surface area contributed by atoms with E-state index in [1.165, 1.54) is 25.3 Å². The summed E-state index contributed by atoms with van der Waals surface area (Å²) in [6.07, 6.45) is 0. The number of methoxy groups -OCH3 is 1. The minimum absolute atomic E-state index is 0.0923. The number of hydrogen-bond donors (Lipinski definition) is 1. The Morgan fingerprint density at radius 3 is 2.38 bits per heavy atom. The molecule has 0 heterocycles. The Morgan fingerprint density at radius 2 is 1.85 bits per heavy atom. The Hall–Kier alpha value is -3.09. The zero-order chi connectivity index (χ0) is 19.3. The van der Waals surface area contributed by atoms with Crippen LogP contribution in [0, 0.1) is 24.0 Å². The van der Waals surface area contributed by atoms with Gasteiger partial charge in [-0.15, -0.1) is 0 Å². The maximum absolute atomic E-state index is 12.5. The molecule has 1 amide bonds. The van der Waals surface area contributed by atoms with Crippen LogP contribution in [0.2, 0.25) is 0 Å². The standard InChI is InChI=1S/C19H23N3O4/c1-5-21(16-9-13(2)8-14(3)10-16)12-19(23)20-17-7-6-15(22(24)25)11-18(17)26-4/h6-11H,5,12H2,1-4H3,(H,20,23). The van der Waals surface area contributed by atoms with Gasteiger partial charge in [0, 0.05) is 18.3 Å². The van der Waals surface area contributed by atoms with Crippen LogP contribution in [-0.4, -0.2) is 31.0 Å². The fraction of sp³-hybridized carbons (Fsp3) is 0.316. The predicted octanol–water partition coefficient (Wildman–Crippen LogP) is 3.69. The van der Waals surface area contributed by atoms with Crippen LogP contribution in [0.5, 0.6) is 5.75 Å². The van der Waals surface area contributed by atoms with Crippen LogP contribution < -0.4 is 15.0 Å². The summed E-state index contributed by atoms with van der Waals surface area (Å²) in [5.41, 5.74) is 3.56. The number of non-ortho nitro benzene ring substituents is 1. The van der Waals surface area contributed by atoms with E-state index in [1.807, 2.05) is 37.8 Å². The van der Waals surface area contributed by atoms with Crippen molar-refractivity contribution in [2.75, 3.05) is 30.4 Å². The van der Waals surface area contributed by atoms with E-state index in [2.05, 4.69) is 11.4 Å². The Morgan fingerprint density at radius 1 is 1.19 bits per heavy atom.